The number of carbonyl (C=O) groups is 1. The van der Waals surface area contributed by atoms with Crippen LogP contribution in [0.2, 0.25) is 0 Å². The van der Waals surface area contributed by atoms with Crippen LogP contribution in [0.4, 0.5) is 0 Å². The van der Waals surface area contributed by atoms with Crippen LogP contribution in [0.25, 0.3) is 10.2 Å². The second-order valence-corrected chi connectivity index (χ2v) is 6.32. The summed E-state index contributed by atoms with van der Waals surface area (Å²) in [6.45, 7) is 3.21. The van der Waals surface area contributed by atoms with Gasteiger partial charge >= 0.3 is 5.97 Å². The summed E-state index contributed by atoms with van der Waals surface area (Å²) in [5.74, 6) is -0.545. The van der Waals surface area contributed by atoms with Crippen molar-refractivity contribution < 1.29 is 9.90 Å². The van der Waals surface area contributed by atoms with E-state index in [4.69, 9.17) is 5.11 Å². The highest BCUT2D eigenvalue weighted by Crippen LogP contribution is 2.33. The maximum atomic E-state index is 12.7. The lowest BCUT2D eigenvalue weighted by molar-refractivity contribution is -0.140. The molecule has 1 unspecified atom stereocenters. The van der Waals surface area contributed by atoms with Gasteiger partial charge in [0.1, 0.15) is 16.7 Å². The molecule has 3 rings (SSSR count). The molecule has 0 bridgehead atoms. The third-order valence-corrected chi connectivity index (χ3v) is 5.13. The number of aromatic nitrogens is 2. The van der Waals surface area contributed by atoms with E-state index in [-0.39, 0.29) is 5.56 Å². The van der Waals surface area contributed by atoms with Gasteiger partial charge in [0.2, 0.25) is 0 Å². The van der Waals surface area contributed by atoms with Crippen molar-refractivity contribution in [3.63, 3.8) is 0 Å². The molecular formula is C14H16N2O3S. The van der Waals surface area contributed by atoms with Gasteiger partial charge in [0, 0.05) is 4.88 Å². The van der Waals surface area contributed by atoms with E-state index >= 15 is 0 Å². The van der Waals surface area contributed by atoms with Crippen LogP contribution in [0.5, 0.6) is 0 Å². The number of rotatable bonds is 2. The highest BCUT2D eigenvalue weighted by molar-refractivity contribution is 7.18. The molecule has 0 aliphatic heterocycles. The number of aliphatic carboxylic acids is 1. The summed E-state index contributed by atoms with van der Waals surface area (Å²) in [5.41, 5.74) is 0.891. The van der Waals surface area contributed by atoms with Gasteiger partial charge in [-0.25, -0.2) is 9.78 Å². The minimum atomic E-state index is -1.01. The quantitative estimate of drug-likeness (QED) is 0.921. The van der Waals surface area contributed by atoms with Crippen LogP contribution in [-0.2, 0) is 17.6 Å². The molecule has 0 spiro atoms. The van der Waals surface area contributed by atoms with E-state index in [1.807, 2.05) is 0 Å². The minimum Gasteiger partial charge on any atom is -0.480 e. The Labute approximate surface area is 119 Å². The normalized spacial score (nSPS) is 16.1. The zero-order chi connectivity index (χ0) is 14.4. The predicted octanol–water partition coefficient (Wildman–Crippen LogP) is 2.29. The van der Waals surface area contributed by atoms with Gasteiger partial charge in [-0.15, -0.1) is 11.3 Å². The van der Waals surface area contributed by atoms with Gasteiger partial charge in [-0.2, -0.15) is 0 Å². The van der Waals surface area contributed by atoms with Crippen molar-refractivity contribution >= 4 is 27.5 Å². The van der Waals surface area contributed by atoms with Crippen LogP contribution in [0, 0.1) is 6.92 Å². The number of thiophene rings is 1. The van der Waals surface area contributed by atoms with Crippen LogP contribution in [0.3, 0.4) is 0 Å². The van der Waals surface area contributed by atoms with Crippen molar-refractivity contribution in [1.29, 1.82) is 0 Å². The van der Waals surface area contributed by atoms with E-state index in [9.17, 15) is 9.59 Å². The Kier molecular flexibility index (Phi) is 3.12. The fourth-order valence-corrected chi connectivity index (χ4v) is 4.18. The molecule has 20 heavy (non-hydrogen) atoms. The van der Waals surface area contributed by atoms with Gasteiger partial charge < -0.3 is 5.11 Å². The molecule has 1 aliphatic rings. The van der Waals surface area contributed by atoms with Gasteiger partial charge in [-0.1, -0.05) is 0 Å². The Morgan fingerprint density at radius 2 is 2.10 bits per heavy atom. The zero-order valence-corrected chi connectivity index (χ0v) is 12.3. The molecular weight excluding hydrogens is 276 g/mol. The third kappa shape index (κ3) is 1.86. The topological polar surface area (TPSA) is 72.2 Å². The van der Waals surface area contributed by atoms with Crippen LogP contribution in [0.1, 0.15) is 42.1 Å². The van der Waals surface area contributed by atoms with Gasteiger partial charge in [-0.3, -0.25) is 9.36 Å². The molecule has 0 saturated heterocycles. The molecule has 106 valence electrons. The lowest BCUT2D eigenvalue weighted by atomic mass is 9.97. The number of hydrogen-bond donors (Lipinski definition) is 1. The predicted molar refractivity (Wildman–Crippen MR) is 77.6 cm³/mol. The average Bonchev–Trinajstić information content (AvgIpc) is 2.76. The van der Waals surface area contributed by atoms with Crippen LogP contribution in [-0.4, -0.2) is 20.6 Å². The lowest BCUT2D eigenvalue weighted by Gasteiger charge is -2.14. The highest BCUT2D eigenvalue weighted by atomic mass is 32.1. The molecule has 2 aromatic heterocycles. The molecule has 0 saturated carbocycles. The van der Waals surface area contributed by atoms with E-state index in [0.29, 0.717) is 11.2 Å². The standard InChI is InChI=1S/C14H16N2O3S/c1-7(14(18)19)16-8(2)15-12-11(13(16)17)9-5-3-4-6-10(9)20-12/h7H,3-6H2,1-2H3,(H,18,19). The fraction of sp³-hybridized carbons (Fsp3) is 0.500. The maximum absolute atomic E-state index is 12.7. The first-order chi connectivity index (χ1) is 9.50. The van der Waals surface area contributed by atoms with Crippen molar-refractivity contribution in [2.24, 2.45) is 0 Å². The molecule has 0 fully saturated rings. The van der Waals surface area contributed by atoms with E-state index < -0.39 is 12.0 Å². The molecule has 1 N–H and O–H groups in total. The first-order valence-corrected chi connectivity index (χ1v) is 7.58. The van der Waals surface area contributed by atoms with Gasteiger partial charge in [0.25, 0.3) is 5.56 Å². The van der Waals surface area contributed by atoms with Gasteiger partial charge in [-0.05, 0) is 45.1 Å². The number of nitrogens with zero attached hydrogens (tertiary/aromatic N) is 2. The zero-order valence-electron chi connectivity index (χ0n) is 11.5. The summed E-state index contributed by atoms with van der Waals surface area (Å²) in [7, 11) is 0. The number of hydrogen-bond acceptors (Lipinski definition) is 4. The van der Waals surface area contributed by atoms with Crippen molar-refractivity contribution in [2.45, 2.75) is 45.6 Å². The lowest BCUT2D eigenvalue weighted by Crippen LogP contribution is -2.31. The second kappa shape index (κ2) is 4.70. The summed E-state index contributed by atoms with van der Waals surface area (Å²) < 4.78 is 1.30. The Hall–Kier alpha value is -1.69. The summed E-state index contributed by atoms with van der Waals surface area (Å²) in [4.78, 5) is 30.3. The highest BCUT2D eigenvalue weighted by Gasteiger charge is 2.24. The number of carboxylic acids is 1. The Balaban J connectivity index is 2.33. The summed E-state index contributed by atoms with van der Waals surface area (Å²) in [6, 6.07) is -0.890. The molecule has 1 aliphatic carbocycles. The smallest absolute Gasteiger partial charge is 0.326 e. The van der Waals surface area contributed by atoms with E-state index in [0.717, 1.165) is 36.1 Å². The first-order valence-electron chi connectivity index (χ1n) is 6.77. The first kappa shape index (κ1) is 13.3. The monoisotopic (exact) mass is 292 g/mol. The van der Waals surface area contributed by atoms with Gasteiger partial charge in [0.05, 0.1) is 5.39 Å². The maximum Gasteiger partial charge on any atom is 0.326 e. The SMILES string of the molecule is Cc1nc2sc3c(c2c(=O)n1C(C)C(=O)O)CCCC3. The van der Waals surface area contributed by atoms with E-state index in [1.54, 1.807) is 18.3 Å². The Morgan fingerprint density at radius 3 is 2.80 bits per heavy atom. The van der Waals surface area contributed by atoms with Crippen molar-refractivity contribution in [2.75, 3.05) is 0 Å². The van der Waals surface area contributed by atoms with Crippen LogP contribution < -0.4 is 5.56 Å². The van der Waals surface area contributed by atoms with Crippen LogP contribution >= 0.6 is 11.3 Å². The number of aryl methyl sites for hydroxylation is 3. The summed E-state index contributed by atoms with van der Waals surface area (Å²) in [6.07, 6.45) is 4.14. The van der Waals surface area contributed by atoms with Crippen molar-refractivity contribution in [3.05, 3.63) is 26.6 Å². The largest absolute Gasteiger partial charge is 0.480 e. The molecule has 5 nitrogen and oxygen atoms in total. The summed E-state index contributed by atoms with van der Waals surface area (Å²) >= 11 is 1.58. The Bertz CT molecular complexity index is 760. The number of carboxylic acid groups (broad SMARTS) is 1. The molecule has 2 aromatic rings. The molecule has 0 radical (unpaired) electrons. The second-order valence-electron chi connectivity index (χ2n) is 5.24. The van der Waals surface area contributed by atoms with Crippen molar-refractivity contribution in [1.82, 2.24) is 9.55 Å². The van der Waals surface area contributed by atoms with Crippen molar-refractivity contribution in [3.8, 4) is 0 Å². The Morgan fingerprint density at radius 1 is 1.40 bits per heavy atom. The van der Waals surface area contributed by atoms with Gasteiger partial charge in [0.15, 0.2) is 0 Å². The molecule has 0 aromatic carbocycles. The molecule has 2 heterocycles. The number of fused-ring (bicyclic) bond motifs is 3. The molecule has 6 heteroatoms. The van der Waals surface area contributed by atoms with E-state index in [2.05, 4.69) is 4.98 Å². The van der Waals surface area contributed by atoms with Crippen LogP contribution in [0.15, 0.2) is 4.79 Å². The summed E-state index contributed by atoms with van der Waals surface area (Å²) in [5, 5.41) is 9.80. The molecule has 1 atom stereocenters. The third-order valence-electron chi connectivity index (χ3n) is 3.94. The minimum absolute atomic E-state index is 0.207. The molecule has 0 amide bonds. The fourth-order valence-electron chi connectivity index (χ4n) is 2.89. The van der Waals surface area contributed by atoms with E-state index in [1.165, 1.54) is 16.4 Å². The average molecular weight is 292 g/mol.